The first-order valence-electron chi connectivity index (χ1n) is 8.11. The van der Waals surface area contributed by atoms with Crippen LogP contribution in [-0.2, 0) is 25.9 Å². The van der Waals surface area contributed by atoms with Gasteiger partial charge in [-0.2, -0.15) is 0 Å². The van der Waals surface area contributed by atoms with Gasteiger partial charge < -0.3 is 10.5 Å². The smallest absolute Gasteiger partial charge is 0.119 e. The molecule has 2 aromatic rings. The summed E-state index contributed by atoms with van der Waals surface area (Å²) in [6, 6.07) is 8.28. The quantitative estimate of drug-likeness (QED) is 0.723. The number of hydrogen-bond acceptors (Lipinski definition) is 4. The maximum absolute atomic E-state index is 5.77. The Morgan fingerprint density at radius 1 is 1.18 bits per heavy atom. The van der Waals surface area contributed by atoms with Gasteiger partial charge in [-0.15, -0.1) is 5.10 Å². The Morgan fingerprint density at radius 3 is 2.59 bits per heavy atom. The Morgan fingerprint density at radius 2 is 1.95 bits per heavy atom. The Labute approximate surface area is 132 Å². The van der Waals surface area contributed by atoms with E-state index in [1.165, 1.54) is 5.56 Å². The zero-order valence-corrected chi connectivity index (χ0v) is 13.6. The van der Waals surface area contributed by atoms with Gasteiger partial charge in [0.1, 0.15) is 5.75 Å². The Bertz CT molecular complexity index is 563. The van der Waals surface area contributed by atoms with Crippen molar-refractivity contribution in [1.29, 1.82) is 0 Å². The van der Waals surface area contributed by atoms with Crippen molar-refractivity contribution in [2.24, 2.45) is 5.73 Å². The lowest BCUT2D eigenvalue weighted by atomic mass is 10.2. The van der Waals surface area contributed by atoms with E-state index in [0.717, 1.165) is 49.4 Å². The van der Waals surface area contributed by atoms with Crippen LogP contribution in [0.3, 0.4) is 0 Å². The predicted molar refractivity (Wildman–Crippen MR) is 87.8 cm³/mol. The van der Waals surface area contributed by atoms with Crippen LogP contribution in [0, 0.1) is 0 Å². The van der Waals surface area contributed by atoms with Gasteiger partial charge in [-0.3, -0.25) is 0 Å². The number of aromatic nitrogens is 3. The maximum atomic E-state index is 5.77. The molecule has 0 aliphatic heterocycles. The lowest BCUT2D eigenvalue weighted by molar-refractivity contribution is 0.296. The van der Waals surface area contributed by atoms with E-state index in [4.69, 9.17) is 10.5 Å². The molecule has 2 N–H and O–H groups in total. The summed E-state index contributed by atoms with van der Waals surface area (Å²) in [7, 11) is 0. The minimum Gasteiger partial charge on any atom is -0.494 e. The van der Waals surface area contributed by atoms with E-state index < -0.39 is 0 Å². The van der Waals surface area contributed by atoms with E-state index >= 15 is 0 Å². The predicted octanol–water partition coefficient (Wildman–Crippen LogP) is 2.72. The fraction of sp³-hybridized carbons (Fsp3) is 0.529. The molecule has 5 heteroatoms. The molecule has 0 saturated carbocycles. The average molecular weight is 302 g/mol. The summed E-state index contributed by atoms with van der Waals surface area (Å²) in [5.41, 5.74) is 9.11. The molecule has 0 saturated heterocycles. The molecule has 0 radical (unpaired) electrons. The second-order valence-corrected chi connectivity index (χ2v) is 5.36. The largest absolute Gasteiger partial charge is 0.494 e. The van der Waals surface area contributed by atoms with Gasteiger partial charge in [-0.25, -0.2) is 4.68 Å². The average Bonchev–Trinajstić information content (AvgIpc) is 2.94. The number of aryl methyl sites for hydroxylation is 2. The zero-order chi connectivity index (χ0) is 15.8. The maximum Gasteiger partial charge on any atom is 0.119 e. The molecule has 1 aromatic heterocycles. The van der Waals surface area contributed by atoms with Crippen molar-refractivity contribution < 1.29 is 4.74 Å². The van der Waals surface area contributed by atoms with Gasteiger partial charge in [0.05, 0.1) is 18.0 Å². The van der Waals surface area contributed by atoms with Crippen molar-refractivity contribution in [3.8, 4) is 5.75 Å². The highest BCUT2D eigenvalue weighted by molar-refractivity contribution is 5.27. The highest BCUT2D eigenvalue weighted by Crippen LogP contribution is 2.13. The van der Waals surface area contributed by atoms with E-state index in [9.17, 15) is 0 Å². The van der Waals surface area contributed by atoms with E-state index in [0.29, 0.717) is 13.2 Å². The van der Waals surface area contributed by atoms with Crippen LogP contribution in [0.2, 0.25) is 0 Å². The third-order valence-corrected chi connectivity index (χ3v) is 3.71. The first-order chi connectivity index (χ1) is 10.8. The van der Waals surface area contributed by atoms with E-state index in [1.54, 1.807) is 0 Å². The lowest BCUT2D eigenvalue weighted by Gasteiger charge is -2.09. The lowest BCUT2D eigenvalue weighted by Crippen LogP contribution is -2.10. The standard InChI is InChI=1S/C17H26N4O/c1-3-6-17-16(13-18)19-20-21(17)11-5-12-22-15-9-7-14(4-2)8-10-15/h7-10H,3-6,11-13,18H2,1-2H3. The monoisotopic (exact) mass is 302 g/mol. The van der Waals surface area contributed by atoms with Crippen molar-refractivity contribution in [1.82, 2.24) is 15.0 Å². The molecule has 0 unspecified atom stereocenters. The molecule has 0 bridgehead atoms. The Kier molecular flexibility index (Phi) is 6.40. The van der Waals surface area contributed by atoms with Gasteiger partial charge in [0, 0.05) is 19.5 Å². The molecule has 0 amide bonds. The highest BCUT2D eigenvalue weighted by Gasteiger charge is 2.10. The van der Waals surface area contributed by atoms with Crippen LogP contribution in [0.4, 0.5) is 0 Å². The van der Waals surface area contributed by atoms with Crippen LogP contribution in [0.15, 0.2) is 24.3 Å². The van der Waals surface area contributed by atoms with Gasteiger partial charge in [0.15, 0.2) is 0 Å². The normalized spacial score (nSPS) is 10.9. The summed E-state index contributed by atoms with van der Waals surface area (Å²) >= 11 is 0. The fourth-order valence-electron chi connectivity index (χ4n) is 2.44. The van der Waals surface area contributed by atoms with Crippen molar-refractivity contribution in [2.45, 2.75) is 52.6 Å². The van der Waals surface area contributed by atoms with Crippen molar-refractivity contribution in [2.75, 3.05) is 6.61 Å². The summed E-state index contributed by atoms with van der Waals surface area (Å²) in [6.45, 7) is 6.25. The molecule has 1 aromatic carbocycles. The number of nitrogens with two attached hydrogens (primary N) is 1. The molecule has 5 nitrogen and oxygen atoms in total. The molecular formula is C17H26N4O. The van der Waals surface area contributed by atoms with E-state index in [-0.39, 0.29) is 0 Å². The van der Waals surface area contributed by atoms with Gasteiger partial charge in [-0.05, 0) is 30.5 Å². The number of nitrogens with zero attached hydrogens (tertiary/aromatic N) is 3. The number of benzene rings is 1. The molecule has 2 rings (SSSR count). The third kappa shape index (κ3) is 4.31. The second kappa shape index (κ2) is 8.54. The molecular weight excluding hydrogens is 276 g/mol. The van der Waals surface area contributed by atoms with Gasteiger partial charge in [-0.1, -0.05) is 37.6 Å². The van der Waals surface area contributed by atoms with Crippen LogP contribution in [0.5, 0.6) is 5.75 Å². The Balaban J connectivity index is 1.82. The van der Waals surface area contributed by atoms with Crippen LogP contribution in [0.25, 0.3) is 0 Å². The molecule has 1 heterocycles. The molecule has 120 valence electrons. The van der Waals surface area contributed by atoms with Crippen LogP contribution < -0.4 is 10.5 Å². The molecule has 0 fully saturated rings. The summed E-state index contributed by atoms with van der Waals surface area (Å²) < 4.78 is 7.74. The number of ether oxygens (including phenoxy) is 1. The second-order valence-electron chi connectivity index (χ2n) is 5.36. The highest BCUT2D eigenvalue weighted by atomic mass is 16.5. The molecule has 0 spiro atoms. The molecule has 0 aliphatic carbocycles. The zero-order valence-electron chi connectivity index (χ0n) is 13.6. The SMILES string of the molecule is CCCc1c(CN)nnn1CCCOc1ccc(CC)cc1. The first kappa shape index (κ1) is 16.5. The van der Waals surface area contributed by atoms with Crippen LogP contribution in [0.1, 0.15) is 43.6 Å². The fourth-order valence-corrected chi connectivity index (χ4v) is 2.44. The van der Waals surface area contributed by atoms with Crippen molar-refractivity contribution >= 4 is 0 Å². The molecule has 0 aliphatic rings. The minimum atomic E-state index is 0.454. The van der Waals surface area contributed by atoms with Gasteiger partial charge in [0.2, 0.25) is 0 Å². The summed E-state index contributed by atoms with van der Waals surface area (Å²) in [6.07, 6.45) is 4.00. The van der Waals surface area contributed by atoms with E-state index in [1.807, 2.05) is 16.8 Å². The number of rotatable bonds is 9. The topological polar surface area (TPSA) is 66.0 Å². The summed E-state index contributed by atoms with van der Waals surface area (Å²) in [4.78, 5) is 0. The van der Waals surface area contributed by atoms with Crippen molar-refractivity contribution in [3.63, 3.8) is 0 Å². The molecule has 22 heavy (non-hydrogen) atoms. The summed E-state index contributed by atoms with van der Waals surface area (Å²) in [5, 5.41) is 8.36. The van der Waals surface area contributed by atoms with Gasteiger partial charge in [0.25, 0.3) is 0 Å². The first-order valence-corrected chi connectivity index (χ1v) is 8.11. The minimum absolute atomic E-state index is 0.454. The Hall–Kier alpha value is -1.88. The summed E-state index contributed by atoms with van der Waals surface area (Å²) in [5.74, 6) is 0.923. The number of hydrogen-bond donors (Lipinski definition) is 1. The van der Waals surface area contributed by atoms with Crippen LogP contribution >= 0.6 is 0 Å². The van der Waals surface area contributed by atoms with E-state index in [2.05, 4.69) is 36.3 Å². The third-order valence-electron chi connectivity index (χ3n) is 3.71. The van der Waals surface area contributed by atoms with Gasteiger partial charge >= 0.3 is 0 Å². The van der Waals surface area contributed by atoms with Crippen LogP contribution in [-0.4, -0.2) is 21.6 Å². The van der Waals surface area contributed by atoms with Crippen molar-refractivity contribution in [3.05, 3.63) is 41.2 Å². The molecule has 0 atom stereocenters.